The highest BCUT2D eigenvalue weighted by Gasteiger charge is 2.25. The SMILES string of the molecule is CC(C)CCOCCN1C(=O)COc2cc(N)ccc21. The minimum absolute atomic E-state index is 0.0465. The highest BCUT2D eigenvalue weighted by molar-refractivity contribution is 5.98. The number of nitrogens with zero attached hydrogens (tertiary/aromatic N) is 1. The first-order chi connectivity index (χ1) is 9.58. The average Bonchev–Trinajstić information content (AvgIpc) is 2.40. The zero-order valence-corrected chi connectivity index (χ0v) is 12.1. The predicted octanol–water partition coefficient (Wildman–Crippen LogP) is 2.06. The van der Waals surface area contributed by atoms with Gasteiger partial charge in [0.2, 0.25) is 0 Å². The van der Waals surface area contributed by atoms with E-state index >= 15 is 0 Å². The molecule has 2 N–H and O–H groups in total. The van der Waals surface area contributed by atoms with Crippen LogP contribution in [-0.2, 0) is 9.53 Å². The number of amides is 1. The van der Waals surface area contributed by atoms with Crippen molar-refractivity contribution in [3.63, 3.8) is 0 Å². The summed E-state index contributed by atoms with van der Waals surface area (Å²) in [6.45, 7) is 6.18. The number of fused-ring (bicyclic) bond motifs is 1. The Morgan fingerprint density at radius 3 is 2.95 bits per heavy atom. The molecule has 1 aromatic carbocycles. The van der Waals surface area contributed by atoms with Crippen LogP contribution in [0.2, 0.25) is 0 Å². The van der Waals surface area contributed by atoms with Crippen molar-refractivity contribution in [3.8, 4) is 5.75 Å². The van der Waals surface area contributed by atoms with E-state index < -0.39 is 0 Å². The van der Waals surface area contributed by atoms with Gasteiger partial charge in [-0.2, -0.15) is 0 Å². The summed E-state index contributed by atoms with van der Waals surface area (Å²) in [6.07, 6.45) is 1.03. The maximum Gasteiger partial charge on any atom is 0.265 e. The van der Waals surface area contributed by atoms with Crippen molar-refractivity contribution in [1.29, 1.82) is 0 Å². The van der Waals surface area contributed by atoms with Gasteiger partial charge >= 0.3 is 0 Å². The Morgan fingerprint density at radius 1 is 1.40 bits per heavy atom. The number of ether oxygens (including phenoxy) is 2. The minimum Gasteiger partial charge on any atom is -0.481 e. The van der Waals surface area contributed by atoms with Crippen LogP contribution in [-0.4, -0.2) is 32.3 Å². The highest BCUT2D eigenvalue weighted by Crippen LogP contribution is 2.33. The van der Waals surface area contributed by atoms with Crippen LogP contribution in [0.4, 0.5) is 11.4 Å². The number of hydrogen-bond donors (Lipinski definition) is 1. The van der Waals surface area contributed by atoms with Crippen molar-refractivity contribution in [2.75, 3.05) is 37.0 Å². The Kier molecular flexibility index (Phi) is 4.84. The zero-order chi connectivity index (χ0) is 14.5. The monoisotopic (exact) mass is 278 g/mol. The van der Waals surface area contributed by atoms with Crippen LogP contribution in [0.3, 0.4) is 0 Å². The molecule has 1 amide bonds. The summed E-state index contributed by atoms with van der Waals surface area (Å²) in [5, 5.41) is 0. The first-order valence-corrected chi connectivity index (χ1v) is 6.98. The molecule has 0 aromatic heterocycles. The van der Waals surface area contributed by atoms with Crippen molar-refractivity contribution in [3.05, 3.63) is 18.2 Å². The maximum absolute atomic E-state index is 11.9. The summed E-state index contributed by atoms with van der Waals surface area (Å²) in [5.41, 5.74) is 7.12. The molecule has 0 saturated carbocycles. The predicted molar refractivity (Wildman–Crippen MR) is 79.0 cm³/mol. The number of carbonyl (C=O) groups excluding carboxylic acids is 1. The molecule has 0 aliphatic carbocycles. The number of anilines is 2. The van der Waals surface area contributed by atoms with Crippen LogP contribution in [0.15, 0.2) is 18.2 Å². The van der Waals surface area contributed by atoms with E-state index in [4.69, 9.17) is 15.2 Å². The van der Waals surface area contributed by atoms with Gasteiger partial charge in [0.1, 0.15) is 5.75 Å². The molecule has 0 spiro atoms. The molecule has 0 bridgehead atoms. The fraction of sp³-hybridized carbons (Fsp3) is 0.533. The van der Waals surface area contributed by atoms with Gasteiger partial charge in [-0.25, -0.2) is 0 Å². The second-order valence-corrected chi connectivity index (χ2v) is 5.36. The lowest BCUT2D eigenvalue weighted by Gasteiger charge is -2.29. The lowest BCUT2D eigenvalue weighted by Crippen LogP contribution is -2.40. The largest absolute Gasteiger partial charge is 0.481 e. The van der Waals surface area contributed by atoms with E-state index in [0.29, 0.717) is 30.5 Å². The number of benzene rings is 1. The van der Waals surface area contributed by atoms with Gasteiger partial charge in [-0.3, -0.25) is 4.79 Å². The molecule has 1 heterocycles. The van der Waals surface area contributed by atoms with Gasteiger partial charge < -0.3 is 20.1 Å². The molecule has 0 fully saturated rings. The lowest BCUT2D eigenvalue weighted by atomic mass is 10.1. The van der Waals surface area contributed by atoms with Crippen molar-refractivity contribution < 1.29 is 14.3 Å². The third-order valence-corrected chi connectivity index (χ3v) is 3.23. The van der Waals surface area contributed by atoms with Gasteiger partial charge in [-0.15, -0.1) is 0 Å². The maximum atomic E-state index is 11.9. The first kappa shape index (κ1) is 14.7. The molecule has 1 aliphatic heterocycles. The van der Waals surface area contributed by atoms with Crippen LogP contribution >= 0.6 is 0 Å². The smallest absolute Gasteiger partial charge is 0.265 e. The molecular formula is C15H22N2O3. The molecule has 0 atom stereocenters. The van der Waals surface area contributed by atoms with Crippen LogP contribution in [0.25, 0.3) is 0 Å². The second-order valence-electron chi connectivity index (χ2n) is 5.36. The highest BCUT2D eigenvalue weighted by atomic mass is 16.5. The fourth-order valence-corrected chi connectivity index (χ4v) is 2.04. The number of rotatable bonds is 6. The third kappa shape index (κ3) is 3.63. The van der Waals surface area contributed by atoms with Crippen LogP contribution in [0, 0.1) is 5.92 Å². The summed E-state index contributed by atoms with van der Waals surface area (Å²) < 4.78 is 11.0. The summed E-state index contributed by atoms with van der Waals surface area (Å²) in [7, 11) is 0. The van der Waals surface area contributed by atoms with Crippen molar-refractivity contribution in [2.24, 2.45) is 5.92 Å². The quantitative estimate of drug-likeness (QED) is 0.639. The molecule has 5 nitrogen and oxygen atoms in total. The molecule has 5 heteroatoms. The Hall–Kier alpha value is -1.75. The van der Waals surface area contributed by atoms with Gasteiger partial charge in [-0.1, -0.05) is 13.8 Å². The number of nitrogen functional groups attached to an aromatic ring is 1. The molecule has 0 saturated heterocycles. The Morgan fingerprint density at radius 2 is 2.20 bits per heavy atom. The number of hydrogen-bond acceptors (Lipinski definition) is 4. The summed E-state index contributed by atoms with van der Waals surface area (Å²) >= 11 is 0. The summed E-state index contributed by atoms with van der Waals surface area (Å²) in [6, 6.07) is 5.33. The molecule has 1 aliphatic rings. The molecule has 2 rings (SSSR count). The van der Waals surface area contributed by atoms with E-state index in [1.807, 2.05) is 6.07 Å². The average molecular weight is 278 g/mol. The Labute approximate surface area is 119 Å². The lowest BCUT2D eigenvalue weighted by molar-refractivity contribution is -0.121. The van der Waals surface area contributed by atoms with Gasteiger partial charge in [0.05, 0.1) is 12.3 Å². The zero-order valence-electron chi connectivity index (χ0n) is 12.1. The molecule has 20 heavy (non-hydrogen) atoms. The van der Waals surface area contributed by atoms with Crippen molar-refractivity contribution in [2.45, 2.75) is 20.3 Å². The standard InChI is InChI=1S/C15H22N2O3/c1-11(2)5-7-19-8-6-17-13-4-3-12(16)9-14(13)20-10-15(17)18/h3-4,9,11H,5-8,10,16H2,1-2H3. The molecule has 1 aromatic rings. The summed E-state index contributed by atoms with van der Waals surface area (Å²) in [4.78, 5) is 13.6. The minimum atomic E-state index is -0.0465. The molecule has 0 radical (unpaired) electrons. The topological polar surface area (TPSA) is 64.8 Å². The second kappa shape index (κ2) is 6.61. The first-order valence-electron chi connectivity index (χ1n) is 6.98. The third-order valence-electron chi connectivity index (χ3n) is 3.23. The summed E-state index contributed by atoms with van der Waals surface area (Å²) in [5.74, 6) is 1.24. The van der Waals surface area contributed by atoms with E-state index in [9.17, 15) is 4.79 Å². The van der Waals surface area contributed by atoms with Crippen LogP contribution < -0.4 is 15.4 Å². The van der Waals surface area contributed by atoms with Crippen LogP contribution in [0.5, 0.6) is 5.75 Å². The normalized spacial score (nSPS) is 14.3. The Balaban J connectivity index is 1.92. The van der Waals surface area contributed by atoms with E-state index in [-0.39, 0.29) is 12.5 Å². The number of carbonyl (C=O) groups is 1. The van der Waals surface area contributed by atoms with Crippen LogP contribution in [0.1, 0.15) is 20.3 Å². The van der Waals surface area contributed by atoms with Gasteiger partial charge in [-0.05, 0) is 24.5 Å². The molecule has 110 valence electrons. The van der Waals surface area contributed by atoms with Crippen molar-refractivity contribution >= 4 is 17.3 Å². The molecule has 0 unspecified atom stereocenters. The fourth-order valence-electron chi connectivity index (χ4n) is 2.04. The van der Waals surface area contributed by atoms with E-state index in [0.717, 1.165) is 18.7 Å². The van der Waals surface area contributed by atoms with Gasteiger partial charge in [0, 0.05) is 24.9 Å². The Bertz CT molecular complexity index is 474. The number of nitrogens with two attached hydrogens (primary N) is 1. The van der Waals surface area contributed by atoms with Gasteiger partial charge in [0.25, 0.3) is 5.91 Å². The van der Waals surface area contributed by atoms with E-state index in [1.54, 1.807) is 17.0 Å². The van der Waals surface area contributed by atoms with Crippen molar-refractivity contribution in [1.82, 2.24) is 0 Å². The molecular weight excluding hydrogens is 256 g/mol. The van der Waals surface area contributed by atoms with E-state index in [2.05, 4.69) is 13.8 Å². The van der Waals surface area contributed by atoms with Gasteiger partial charge in [0.15, 0.2) is 6.61 Å². The van der Waals surface area contributed by atoms with E-state index in [1.165, 1.54) is 0 Å².